The van der Waals surface area contributed by atoms with Crippen LogP contribution < -0.4 is 9.47 Å². The Labute approximate surface area is 177 Å². The van der Waals surface area contributed by atoms with Crippen LogP contribution in [0.2, 0.25) is 10.0 Å². The van der Waals surface area contributed by atoms with Gasteiger partial charge in [0.15, 0.2) is 11.5 Å². The monoisotopic (exact) mass is 439 g/mol. The van der Waals surface area contributed by atoms with Gasteiger partial charge in [0.1, 0.15) is 6.61 Å². The molecule has 28 heavy (non-hydrogen) atoms. The molecule has 1 fully saturated rings. The van der Waals surface area contributed by atoms with Crippen molar-refractivity contribution in [1.82, 2.24) is 4.90 Å². The molecule has 0 bridgehead atoms. The summed E-state index contributed by atoms with van der Waals surface area (Å²) < 4.78 is 11.3. The molecule has 1 saturated heterocycles. The first kappa shape index (κ1) is 20.8. The van der Waals surface area contributed by atoms with Crippen molar-refractivity contribution in [3.63, 3.8) is 0 Å². The first-order chi connectivity index (χ1) is 13.4. The van der Waals surface area contributed by atoms with E-state index >= 15 is 0 Å². The van der Waals surface area contributed by atoms with Gasteiger partial charge in [-0.2, -0.15) is 0 Å². The quantitative estimate of drug-likeness (QED) is 0.592. The van der Waals surface area contributed by atoms with Crippen LogP contribution in [-0.2, 0) is 17.8 Å². The molecular weight excluding hydrogens is 421 g/mol. The third-order valence-electron chi connectivity index (χ3n) is 4.35. The van der Waals surface area contributed by atoms with Crippen molar-refractivity contribution in [2.45, 2.75) is 25.2 Å². The minimum absolute atomic E-state index is 0.142. The summed E-state index contributed by atoms with van der Waals surface area (Å²) in [4.78, 5) is 25.4. The van der Waals surface area contributed by atoms with Gasteiger partial charge >= 0.3 is 0 Å². The Balaban J connectivity index is 1.69. The van der Waals surface area contributed by atoms with Crippen molar-refractivity contribution in [1.29, 1.82) is 0 Å². The number of halogens is 2. The maximum absolute atomic E-state index is 12.3. The minimum Gasteiger partial charge on any atom is -0.493 e. The van der Waals surface area contributed by atoms with Crippen molar-refractivity contribution in [3.05, 3.63) is 57.6 Å². The van der Waals surface area contributed by atoms with E-state index < -0.39 is 5.25 Å². The van der Waals surface area contributed by atoms with E-state index in [1.807, 2.05) is 18.2 Å². The summed E-state index contributed by atoms with van der Waals surface area (Å²) in [5.74, 6) is 0.997. The van der Waals surface area contributed by atoms with Gasteiger partial charge in [-0.1, -0.05) is 47.1 Å². The number of hydrogen-bond acceptors (Lipinski definition) is 5. The fraction of sp³-hybridized carbons (Fsp3) is 0.300. The standard InChI is InChI=1S/C20H19Cl2NO4S/c1-3-23-19(24)18(28-20(23)25)10-12-5-7-16(17(9-12)26-2)27-11-13-4-6-14(21)15(22)8-13/h4-9,18H,3,10-11H2,1-2H3/t18-/m1/s1. The summed E-state index contributed by atoms with van der Waals surface area (Å²) in [5, 5.41) is 0.373. The molecule has 0 unspecified atom stereocenters. The second-order valence-electron chi connectivity index (χ2n) is 6.18. The Hall–Kier alpha value is -1.89. The average Bonchev–Trinajstić information content (AvgIpc) is 2.95. The molecule has 0 saturated carbocycles. The lowest BCUT2D eigenvalue weighted by atomic mass is 10.1. The van der Waals surface area contributed by atoms with E-state index in [-0.39, 0.29) is 11.1 Å². The van der Waals surface area contributed by atoms with Gasteiger partial charge in [-0.25, -0.2) is 0 Å². The zero-order chi connectivity index (χ0) is 20.3. The van der Waals surface area contributed by atoms with Crippen LogP contribution in [0, 0.1) is 0 Å². The lowest BCUT2D eigenvalue weighted by molar-refractivity contribution is -0.126. The molecule has 1 aliphatic rings. The van der Waals surface area contributed by atoms with Gasteiger partial charge < -0.3 is 9.47 Å². The molecule has 0 spiro atoms. The van der Waals surface area contributed by atoms with Crippen molar-refractivity contribution in [2.75, 3.05) is 13.7 Å². The zero-order valence-electron chi connectivity index (χ0n) is 15.4. The Morgan fingerprint density at radius 3 is 2.43 bits per heavy atom. The molecule has 1 atom stereocenters. The Morgan fingerprint density at radius 1 is 1.04 bits per heavy atom. The molecule has 2 aromatic carbocycles. The van der Waals surface area contributed by atoms with E-state index in [9.17, 15) is 9.59 Å². The van der Waals surface area contributed by atoms with Crippen LogP contribution >= 0.6 is 35.0 Å². The van der Waals surface area contributed by atoms with Gasteiger partial charge in [-0.3, -0.25) is 14.5 Å². The van der Waals surface area contributed by atoms with E-state index in [0.29, 0.717) is 41.1 Å². The molecule has 5 nitrogen and oxygen atoms in total. The summed E-state index contributed by atoms with van der Waals surface area (Å²) >= 11 is 13.0. The molecule has 0 radical (unpaired) electrons. The third kappa shape index (κ3) is 4.57. The summed E-state index contributed by atoms with van der Waals surface area (Å²) in [7, 11) is 1.56. The van der Waals surface area contributed by atoms with E-state index in [4.69, 9.17) is 32.7 Å². The zero-order valence-corrected chi connectivity index (χ0v) is 17.7. The van der Waals surface area contributed by atoms with E-state index in [2.05, 4.69) is 0 Å². The van der Waals surface area contributed by atoms with Crippen molar-refractivity contribution < 1.29 is 19.1 Å². The summed E-state index contributed by atoms with van der Waals surface area (Å²) in [6, 6.07) is 10.8. The maximum Gasteiger partial charge on any atom is 0.289 e. The van der Waals surface area contributed by atoms with Gasteiger partial charge in [0.25, 0.3) is 5.24 Å². The molecule has 3 rings (SSSR count). The fourth-order valence-corrected chi connectivity index (χ4v) is 4.29. The van der Waals surface area contributed by atoms with Gasteiger partial charge in [0, 0.05) is 6.54 Å². The summed E-state index contributed by atoms with van der Waals surface area (Å²) in [5.41, 5.74) is 1.78. The number of nitrogens with zero attached hydrogens (tertiary/aromatic N) is 1. The second kappa shape index (κ2) is 9.07. The fourth-order valence-electron chi connectivity index (χ4n) is 2.88. The number of rotatable bonds is 7. The molecule has 0 N–H and O–H groups in total. The Bertz CT molecular complexity index is 906. The minimum atomic E-state index is -0.403. The Morgan fingerprint density at radius 2 is 1.79 bits per heavy atom. The van der Waals surface area contributed by atoms with E-state index in [1.165, 1.54) is 4.90 Å². The number of carbonyl (C=O) groups excluding carboxylic acids is 2. The van der Waals surface area contributed by atoms with Crippen molar-refractivity contribution >= 4 is 46.1 Å². The van der Waals surface area contributed by atoms with Crippen molar-refractivity contribution in [2.24, 2.45) is 0 Å². The molecule has 1 aliphatic heterocycles. The number of methoxy groups -OCH3 is 1. The number of thioether (sulfide) groups is 1. The first-order valence-corrected chi connectivity index (χ1v) is 10.3. The maximum atomic E-state index is 12.3. The molecule has 8 heteroatoms. The number of ether oxygens (including phenoxy) is 2. The topological polar surface area (TPSA) is 55.8 Å². The number of benzene rings is 2. The predicted molar refractivity (Wildman–Crippen MR) is 112 cm³/mol. The van der Waals surface area contributed by atoms with Crippen LogP contribution in [0.5, 0.6) is 11.5 Å². The lowest BCUT2D eigenvalue weighted by Crippen LogP contribution is -2.31. The second-order valence-corrected chi connectivity index (χ2v) is 8.15. The van der Waals surface area contributed by atoms with Crippen LogP contribution in [0.1, 0.15) is 18.1 Å². The van der Waals surface area contributed by atoms with E-state index in [1.54, 1.807) is 32.2 Å². The van der Waals surface area contributed by atoms with Crippen LogP contribution in [0.25, 0.3) is 0 Å². The van der Waals surface area contributed by atoms with Gasteiger partial charge in [0.2, 0.25) is 5.91 Å². The SMILES string of the molecule is CCN1C(=O)S[C@H](Cc2ccc(OCc3ccc(Cl)c(Cl)c3)c(OC)c2)C1=O. The molecular formula is C20H19Cl2NO4S. The van der Waals surface area contributed by atoms with Crippen molar-refractivity contribution in [3.8, 4) is 11.5 Å². The first-order valence-electron chi connectivity index (χ1n) is 8.68. The lowest BCUT2D eigenvalue weighted by Gasteiger charge is -2.14. The Kier molecular flexibility index (Phi) is 6.75. The average molecular weight is 440 g/mol. The summed E-state index contributed by atoms with van der Waals surface area (Å²) in [6.45, 7) is 2.50. The molecule has 2 aromatic rings. The van der Waals surface area contributed by atoms with Gasteiger partial charge in [-0.05, 0) is 48.7 Å². The predicted octanol–water partition coefficient (Wildman–Crippen LogP) is 5.21. The third-order valence-corrected chi connectivity index (χ3v) is 6.16. The highest BCUT2D eigenvalue weighted by atomic mass is 35.5. The highest BCUT2D eigenvalue weighted by molar-refractivity contribution is 8.15. The number of hydrogen-bond donors (Lipinski definition) is 0. The smallest absolute Gasteiger partial charge is 0.289 e. The number of amides is 2. The van der Waals surface area contributed by atoms with Crippen LogP contribution in [0.15, 0.2) is 36.4 Å². The normalized spacial score (nSPS) is 16.6. The largest absolute Gasteiger partial charge is 0.493 e. The summed E-state index contributed by atoms with van der Waals surface area (Å²) in [6.07, 6.45) is 0.454. The van der Waals surface area contributed by atoms with E-state index in [0.717, 1.165) is 22.9 Å². The van der Waals surface area contributed by atoms with Crippen LogP contribution in [-0.4, -0.2) is 35.0 Å². The number of carbonyl (C=O) groups is 2. The van der Waals surface area contributed by atoms with Crippen LogP contribution in [0.4, 0.5) is 4.79 Å². The molecule has 148 valence electrons. The highest BCUT2D eigenvalue weighted by Gasteiger charge is 2.38. The van der Waals surface area contributed by atoms with Gasteiger partial charge in [-0.15, -0.1) is 0 Å². The van der Waals surface area contributed by atoms with Gasteiger partial charge in [0.05, 0.1) is 22.4 Å². The molecule has 2 amide bonds. The molecule has 0 aliphatic carbocycles. The molecule has 1 heterocycles. The molecule has 0 aromatic heterocycles. The van der Waals surface area contributed by atoms with Crippen LogP contribution in [0.3, 0.4) is 0 Å². The highest BCUT2D eigenvalue weighted by Crippen LogP contribution is 2.33. The number of imide groups is 1.